The van der Waals surface area contributed by atoms with E-state index in [9.17, 15) is 14.9 Å². The maximum absolute atomic E-state index is 11.9. The molecule has 0 fully saturated rings. The van der Waals surface area contributed by atoms with Crippen molar-refractivity contribution < 1.29 is 14.5 Å². The van der Waals surface area contributed by atoms with Crippen LogP contribution < -0.4 is 15.4 Å². The number of hydrogen-bond acceptors (Lipinski definition) is 4. The van der Waals surface area contributed by atoms with Crippen LogP contribution in [0.3, 0.4) is 0 Å². The smallest absolute Gasteiger partial charge is 0.323 e. The Morgan fingerprint density at radius 1 is 1.04 bits per heavy atom. The Morgan fingerprint density at radius 2 is 1.57 bits per heavy atom. The summed E-state index contributed by atoms with van der Waals surface area (Å²) in [4.78, 5) is 21.9. The third kappa shape index (κ3) is 4.99. The van der Waals surface area contributed by atoms with E-state index in [1.165, 1.54) is 24.3 Å². The van der Waals surface area contributed by atoms with Crippen LogP contribution in [0.5, 0.6) is 5.75 Å². The number of benzene rings is 2. The minimum Gasteiger partial charge on any atom is -0.494 e. The Bertz CT molecular complexity index is 669. The summed E-state index contributed by atoms with van der Waals surface area (Å²) in [5, 5.41) is 15.8. The first-order valence-corrected chi connectivity index (χ1v) is 7.14. The van der Waals surface area contributed by atoms with Crippen molar-refractivity contribution in [2.24, 2.45) is 0 Å². The monoisotopic (exact) mass is 315 g/mol. The fraction of sp³-hybridized carbons (Fsp3) is 0.188. The van der Waals surface area contributed by atoms with Gasteiger partial charge < -0.3 is 15.4 Å². The second-order valence-electron chi connectivity index (χ2n) is 4.76. The van der Waals surface area contributed by atoms with E-state index in [0.717, 1.165) is 12.2 Å². The van der Waals surface area contributed by atoms with Gasteiger partial charge in [0.05, 0.1) is 11.5 Å². The number of carbonyl (C=O) groups excluding carboxylic acids is 1. The van der Waals surface area contributed by atoms with Crippen molar-refractivity contribution in [1.29, 1.82) is 0 Å². The number of carbonyl (C=O) groups is 1. The van der Waals surface area contributed by atoms with Crippen LogP contribution in [0.1, 0.15) is 13.3 Å². The molecule has 2 amide bonds. The molecular formula is C16H17N3O4. The number of anilines is 2. The molecule has 0 bridgehead atoms. The van der Waals surface area contributed by atoms with Crippen LogP contribution >= 0.6 is 0 Å². The van der Waals surface area contributed by atoms with Gasteiger partial charge in [0, 0.05) is 23.5 Å². The molecule has 2 rings (SSSR count). The average molecular weight is 315 g/mol. The summed E-state index contributed by atoms with van der Waals surface area (Å²) in [7, 11) is 0. The van der Waals surface area contributed by atoms with Crippen molar-refractivity contribution in [3.63, 3.8) is 0 Å². The molecule has 0 aromatic heterocycles. The molecular weight excluding hydrogens is 298 g/mol. The van der Waals surface area contributed by atoms with Crippen molar-refractivity contribution >= 4 is 23.1 Å². The highest BCUT2D eigenvalue weighted by Gasteiger charge is 2.06. The third-order valence-corrected chi connectivity index (χ3v) is 2.92. The molecule has 0 saturated heterocycles. The van der Waals surface area contributed by atoms with Gasteiger partial charge in [0.25, 0.3) is 5.69 Å². The normalized spacial score (nSPS) is 9.96. The maximum atomic E-state index is 11.9. The minimum absolute atomic E-state index is 0.0290. The summed E-state index contributed by atoms with van der Waals surface area (Å²) in [6.07, 6.45) is 0.928. The molecule has 7 heteroatoms. The van der Waals surface area contributed by atoms with Crippen LogP contribution in [-0.2, 0) is 0 Å². The van der Waals surface area contributed by atoms with Crippen LogP contribution in [0.25, 0.3) is 0 Å². The van der Waals surface area contributed by atoms with Crippen molar-refractivity contribution in [2.75, 3.05) is 17.2 Å². The van der Waals surface area contributed by atoms with Gasteiger partial charge >= 0.3 is 6.03 Å². The number of nitrogens with zero attached hydrogens (tertiary/aromatic N) is 1. The van der Waals surface area contributed by atoms with Crippen LogP contribution in [-0.4, -0.2) is 17.6 Å². The third-order valence-electron chi connectivity index (χ3n) is 2.92. The van der Waals surface area contributed by atoms with E-state index in [1.54, 1.807) is 24.3 Å². The second-order valence-corrected chi connectivity index (χ2v) is 4.76. The molecule has 0 radical (unpaired) electrons. The van der Waals surface area contributed by atoms with Crippen molar-refractivity contribution in [1.82, 2.24) is 0 Å². The summed E-state index contributed by atoms with van der Waals surface area (Å²) >= 11 is 0. The number of rotatable bonds is 6. The van der Waals surface area contributed by atoms with Gasteiger partial charge in [-0.15, -0.1) is 0 Å². The molecule has 120 valence electrons. The van der Waals surface area contributed by atoms with Gasteiger partial charge in [-0.1, -0.05) is 6.92 Å². The molecule has 0 aliphatic heterocycles. The van der Waals surface area contributed by atoms with Gasteiger partial charge in [0.1, 0.15) is 5.75 Å². The Morgan fingerprint density at radius 3 is 2.04 bits per heavy atom. The molecule has 0 heterocycles. The Labute approximate surface area is 133 Å². The number of amides is 2. The first-order valence-electron chi connectivity index (χ1n) is 7.14. The zero-order valence-corrected chi connectivity index (χ0v) is 12.6. The van der Waals surface area contributed by atoms with Crippen LogP contribution in [0.2, 0.25) is 0 Å². The fourth-order valence-corrected chi connectivity index (χ4v) is 1.81. The lowest BCUT2D eigenvalue weighted by atomic mass is 10.3. The van der Waals surface area contributed by atoms with Crippen LogP contribution in [0.4, 0.5) is 21.9 Å². The molecule has 23 heavy (non-hydrogen) atoms. The van der Waals surface area contributed by atoms with Gasteiger partial charge in [-0.25, -0.2) is 4.79 Å². The predicted octanol–water partition coefficient (Wildman–Crippen LogP) is 4.03. The molecule has 2 aromatic carbocycles. The van der Waals surface area contributed by atoms with E-state index < -0.39 is 11.0 Å². The van der Waals surface area contributed by atoms with Crippen molar-refractivity contribution in [3.8, 4) is 5.75 Å². The number of nitrogens with one attached hydrogen (secondary N) is 2. The molecule has 0 atom stereocenters. The molecule has 7 nitrogen and oxygen atoms in total. The predicted molar refractivity (Wildman–Crippen MR) is 88.0 cm³/mol. The second kappa shape index (κ2) is 7.79. The average Bonchev–Trinajstić information content (AvgIpc) is 2.54. The maximum Gasteiger partial charge on any atom is 0.323 e. The SMILES string of the molecule is CCCOc1ccc(NC(=O)Nc2ccc([N+](=O)[O-])cc2)cc1. The molecule has 2 N–H and O–H groups in total. The highest BCUT2D eigenvalue weighted by atomic mass is 16.6. The zero-order chi connectivity index (χ0) is 16.7. The van der Waals surface area contributed by atoms with Gasteiger partial charge in [0.15, 0.2) is 0 Å². The van der Waals surface area contributed by atoms with Gasteiger partial charge in [-0.2, -0.15) is 0 Å². The van der Waals surface area contributed by atoms with E-state index >= 15 is 0 Å². The van der Waals surface area contributed by atoms with Gasteiger partial charge in [-0.3, -0.25) is 10.1 Å². The first-order chi connectivity index (χ1) is 11.1. The zero-order valence-electron chi connectivity index (χ0n) is 12.6. The van der Waals surface area contributed by atoms with Crippen LogP contribution in [0, 0.1) is 10.1 Å². The van der Waals surface area contributed by atoms with E-state index in [2.05, 4.69) is 10.6 Å². The minimum atomic E-state index is -0.494. The molecule has 2 aromatic rings. The largest absolute Gasteiger partial charge is 0.494 e. The van der Waals surface area contributed by atoms with E-state index in [4.69, 9.17) is 4.74 Å². The van der Waals surface area contributed by atoms with Crippen molar-refractivity contribution in [2.45, 2.75) is 13.3 Å². The summed E-state index contributed by atoms with van der Waals surface area (Å²) in [5.41, 5.74) is 1.06. The summed E-state index contributed by atoms with van der Waals surface area (Å²) < 4.78 is 5.46. The van der Waals surface area contributed by atoms with Crippen LogP contribution in [0.15, 0.2) is 48.5 Å². The molecule has 0 saturated carbocycles. The lowest BCUT2D eigenvalue weighted by Crippen LogP contribution is -2.19. The summed E-state index contributed by atoms with van der Waals surface area (Å²) in [6, 6.07) is 12.2. The van der Waals surface area contributed by atoms with Crippen molar-refractivity contribution in [3.05, 3.63) is 58.6 Å². The standard InChI is InChI=1S/C16H17N3O4/c1-2-11-23-15-9-5-13(6-10-15)18-16(20)17-12-3-7-14(8-4-12)19(21)22/h3-10H,2,11H2,1H3,(H2,17,18,20). The number of nitro groups is 1. The van der Waals surface area contributed by atoms with Gasteiger partial charge in [-0.05, 0) is 42.8 Å². The Hall–Kier alpha value is -3.09. The molecule has 0 spiro atoms. The quantitative estimate of drug-likeness (QED) is 0.621. The lowest BCUT2D eigenvalue weighted by molar-refractivity contribution is -0.384. The van der Waals surface area contributed by atoms with E-state index in [1.807, 2.05) is 6.92 Å². The topological polar surface area (TPSA) is 93.5 Å². The lowest BCUT2D eigenvalue weighted by Gasteiger charge is -2.09. The number of non-ortho nitro benzene ring substituents is 1. The molecule has 0 unspecified atom stereocenters. The number of hydrogen-bond donors (Lipinski definition) is 2. The summed E-state index contributed by atoms with van der Waals surface area (Å²) in [5.74, 6) is 0.744. The molecule has 0 aliphatic rings. The highest BCUT2D eigenvalue weighted by Crippen LogP contribution is 2.18. The number of nitro benzene ring substituents is 1. The highest BCUT2D eigenvalue weighted by molar-refractivity contribution is 5.99. The number of ether oxygens (including phenoxy) is 1. The Kier molecular flexibility index (Phi) is 5.51. The fourth-order valence-electron chi connectivity index (χ4n) is 1.81. The van der Waals surface area contributed by atoms with Gasteiger partial charge in [0.2, 0.25) is 0 Å². The molecule has 0 aliphatic carbocycles. The Balaban J connectivity index is 1.90. The van der Waals surface area contributed by atoms with E-state index in [0.29, 0.717) is 18.0 Å². The first kappa shape index (κ1) is 16.3. The number of urea groups is 1. The van der Waals surface area contributed by atoms with E-state index in [-0.39, 0.29) is 5.69 Å². The summed E-state index contributed by atoms with van der Waals surface area (Å²) in [6.45, 7) is 2.67.